The predicted octanol–water partition coefficient (Wildman–Crippen LogP) is 1.80. The van der Waals surface area contributed by atoms with Gasteiger partial charge in [-0.15, -0.1) is 0 Å². The molecular formula is C11H15N3. The molecule has 0 fully saturated rings. The van der Waals surface area contributed by atoms with E-state index in [1.54, 1.807) is 0 Å². The summed E-state index contributed by atoms with van der Waals surface area (Å²) >= 11 is 0. The summed E-state index contributed by atoms with van der Waals surface area (Å²) in [7, 11) is 0. The lowest BCUT2D eigenvalue weighted by atomic mass is 10.1. The number of nitrogens with two attached hydrogens (primary N) is 1. The summed E-state index contributed by atoms with van der Waals surface area (Å²) < 4.78 is 0. The van der Waals surface area contributed by atoms with Crippen molar-refractivity contribution in [2.45, 2.75) is 20.0 Å². The Kier molecular flexibility index (Phi) is 2.25. The molecule has 74 valence electrons. The molecule has 2 atom stereocenters. The third kappa shape index (κ3) is 1.40. The van der Waals surface area contributed by atoms with Crippen molar-refractivity contribution in [2.24, 2.45) is 16.8 Å². The summed E-state index contributed by atoms with van der Waals surface area (Å²) in [5.74, 6) is 0.329. The Labute approximate surface area is 84.2 Å². The van der Waals surface area contributed by atoms with Crippen molar-refractivity contribution in [3.05, 3.63) is 30.3 Å². The molecule has 1 aromatic carbocycles. The molecule has 0 saturated heterocycles. The van der Waals surface area contributed by atoms with Gasteiger partial charge >= 0.3 is 0 Å². The van der Waals surface area contributed by atoms with Crippen LogP contribution in [-0.4, -0.2) is 11.9 Å². The molecule has 2 rings (SSSR count). The van der Waals surface area contributed by atoms with Gasteiger partial charge in [-0.05, 0) is 19.1 Å². The van der Waals surface area contributed by atoms with Crippen molar-refractivity contribution < 1.29 is 0 Å². The van der Waals surface area contributed by atoms with Crippen molar-refractivity contribution in [3.63, 3.8) is 0 Å². The molecule has 3 nitrogen and oxygen atoms in total. The van der Waals surface area contributed by atoms with E-state index in [1.165, 1.54) is 0 Å². The first-order chi connectivity index (χ1) is 6.70. The third-order valence-electron chi connectivity index (χ3n) is 2.74. The maximum Gasteiger partial charge on any atom is 0.107 e. The number of hydrogen-bond acceptors (Lipinski definition) is 3. The normalized spacial score (nSPS) is 26.5. The van der Waals surface area contributed by atoms with Crippen LogP contribution in [0.2, 0.25) is 0 Å². The smallest absolute Gasteiger partial charge is 0.107 e. The van der Waals surface area contributed by atoms with Gasteiger partial charge in [0.25, 0.3) is 0 Å². The fourth-order valence-corrected chi connectivity index (χ4v) is 1.60. The van der Waals surface area contributed by atoms with Gasteiger partial charge in [-0.3, -0.25) is 0 Å². The van der Waals surface area contributed by atoms with E-state index >= 15 is 0 Å². The fraction of sp³-hybridized carbons (Fsp3) is 0.364. The highest BCUT2D eigenvalue weighted by atomic mass is 15.5. The molecule has 0 aromatic heterocycles. The molecular weight excluding hydrogens is 174 g/mol. The average Bonchev–Trinajstić information content (AvgIpc) is 2.47. The van der Waals surface area contributed by atoms with Crippen LogP contribution in [0.1, 0.15) is 13.8 Å². The molecule has 0 aliphatic carbocycles. The topological polar surface area (TPSA) is 41.6 Å². The highest BCUT2D eigenvalue weighted by Crippen LogP contribution is 2.24. The number of benzene rings is 1. The molecule has 2 unspecified atom stereocenters. The Morgan fingerprint density at radius 2 is 1.93 bits per heavy atom. The fourth-order valence-electron chi connectivity index (χ4n) is 1.60. The lowest BCUT2D eigenvalue weighted by Gasteiger charge is -2.22. The van der Waals surface area contributed by atoms with Crippen LogP contribution < -0.4 is 10.7 Å². The Hall–Kier alpha value is -1.35. The van der Waals surface area contributed by atoms with E-state index in [2.05, 4.69) is 12.0 Å². The van der Waals surface area contributed by atoms with Gasteiger partial charge in [0.15, 0.2) is 0 Å². The van der Waals surface area contributed by atoms with Crippen LogP contribution >= 0.6 is 0 Å². The Bertz CT molecular complexity index is 345. The van der Waals surface area contributed by atoms with E-state index < -0.39 is 0 Å². The summed E-state index contributed by atoms with van der Waals surface area (Å²) in [5.41, 5.74) is 8.21. The predicted molar refractivity (Wildman–Crippen MR) is 59.2 cm³/mol. The van der Waals surface area contributed by atoms with Crippen LogP contribution in [0.5, 0.6) is 0 Å². The second-order valence-electron chi connectivity index (χ2n) is 3.70. The van der Waals surface area contributed by atoms with Gasteiger partial charge in [-0.1, -0.05) is 25.1 Å². The second-order valence-corrected chi connectivity index (χ2v) is 3.70. The molecule has 0 bridgehead atoms. The van der Waals surface area contributed by atoms with Gasteiger partial charge in [0.1, 0.15) is 6.17 Å². The summed E-state index contributed by atoms with van der Waals surface area (Å²) in [6.45, 7) is 4.12. The largest absolute Gasteiger partial charge is 0.309 e. The maximum atomic E-state index is 6.06. The van der Waals surface area contributed by atoms with E-state index in [9.17, 15) is 0 Å². The first-order valence-electron chi connectivity index (χ1n) is 4.85. The van der Waals surface area contributed by atoms with Crippen molar-refractivity contribution in [3.8, 4) is 0 Å². The minimum atomic E-state index is -0.0302. The lowest BCUT2D eigenvalue weighted by molar-refractivity contribution is 0.578. The second kappa shape index (κ2) is 3.42. The van der Waals surface area contributed by atoms with E-state index in [-0.39, 0.29) is 6.17 Å². The summed E-state index contributed by atoms with van der Waals surface area (Å²) in [5, 5.41) is 6.33. The number of para-hydroxylation sites is 1. The van der Waals surface area contributed by atoms with Crippen LogP contribution in [0.15, 0.2) is 35.4 Å². The number of rotatable bonds is 1. The molecule has 1 aliphatic rings. The summed E-state index contributed by atoms with van der Waals surface area (Å²) in [4.78, 5) is 0. The van der Waals surface area contributed by atoms with E-state index in [0.29, 0.717) is 5.92 Å². The standard InChI is InChI=1S/C11H15N3/c1-8-9(2)13-14(11(8)12)10-6-4-3-5-7-10/h3-8,11H,12H2,1-2H3. The molecule has 0 spiro atoms. The zero-order chi connectivity index (χ0) is 10.1. The molecule has 0 radical (unpaired) electrons. The van der Waals surface area contributed by atoms with Crippen molar-refractivity contribution in [1.82, 2.24) is 0 Å². The van der Waals surface area contributed by atoms with Gasteiger partial charge < -0.3 is 5.73 Å². The van der Waals surface area contributed by atoms with Crippen LogP contribution in [0, 0.1) is 5.92 Å². The van der Waals surface area contributed by atoms with Crippen LogP contribution in [0.4, 0.5) is 5.69 Å². The highest BCUT2D eigenvalue weighted by Gasteiger charge is 2.29. The van der Waals surface area contributed by atoms with Crippen molar-refractivity contribution in [1.29, 1.82) is 0 Å². The van der Waals surface area contributed by atoms with E-state index in [0.717, 1.165) is 11.4 Å². The Morgan fingerprint density at radius 1 is 1.29 bits per heavy atom. The summed E-state index contributed by atoms with van der Waals surface area (Å²) in [6.07, 6.45) is -0.0302. The maximum absolute atomic E-state index is 6.06. The lowest BCUT2D eigenvalue weighted by Crippen LogP contribution is -2.39. The highest BCUT2D eigenvalue weighted by molar-refractivity contribution is 5.88. The summed E-state index contributed by atoms with van der Waals surface area (Å²) in [6, 6.07) is 10.0. The number of anilines is 1. The number of hydrogen-bond donors (Lipinski definition) is 1. The van der Waals surface area contributed by atoms with Crippen LogP contribution in [-0.2, 0) is 0 Å². The van der Waals surface area contributed by atoms with Gasteiger partial charge in [0.05, 0.1) is 5.69 Å². The SMILES string of the molecule is CC1=NN(c2ccccc2)C(N)C1C. The van der Waals surface area contributed by atoms with Crippen molar-refractivity contribution in [2.75, 3.05) is 5.01 Å². The average molecular weight is 189 g/mol. The first kappa shape index (κ1) is 9.21. The van der Waals surface area contributed by atoms with Crippen LogP contribution in [0.25, 0.3) is 0 Å². The monoisotopic (exact) mass is 189 g/mol. The number of hydrazone groups is 1. The first-order valence-corrected chi connectivity index (χ1v) is 4.85. The third-order valence-corrected chi connectivity index (χ3v) is 2.74. The van der Waals surface area contributed by atoms with Gasteiger partial charge in [-0.25, -0.2) is 5.01 Å². The van der Waals surface area contributed by atoms with E-state index in [1.807, 2.05) is 42.3 Å². The molecule has 0 saturated carbocycles. The minimum Gasteiger partial charge on any atom is -0.309 e. The molecule has 1 heterocycles. The molecule has 2 N–H and O–H groups in total. The van der Waals surface area contributed by atoms with Gasteiger partial charge in [0, 0.05) is 11.6 Å². The number of nitrogens with zero attached hydrogens (tertiary/aromatic N) is 2. The van der Waals surface area contributed by atoms with Crippen LogP contribution in [0.3, 0.4) is 0 Å². The van der Waals surface area contributed by atoms with Gasteiger partial charge in [-0.2, -0.15) is 5.10 Å². The molecule has 1 aliphatic heterocycles. The van der Waals surface area contributed by atoms with Gasteiger partial charge in [0.2, 0.25) is 0 Å². The van der Waals surface area contributed by atoms with Crippen molar-refractivity contribution >= 4 is 11.4 Å². The van der Waals surface area contributed by atoms with E-state index in [4.69, 9.17) is 5.73 Å². The Morgan fingerprint density at radius 3 is 2.43 bits per heavy atom. The molecule has 3 heteroatoms. The zero-order valence-corrected chi connectivity index (χ0v) is 8.51. The molecule has 14 heavy (non-hydrogen) atoms. The minimum absolute atomic E-state index is 0.0302. The zero-order valence-electron chi connectivity index (χ0n) is 8.51. The molecule has 0 amide bonds. The Balaban J connectivity index is 2.30. The molecule has 1 aromatic rings. The quantitative estimate of drug-likeness (QED) is 0.732.